The van der Waals surface area contributed by atoms with Gasteiger partial charge < -0.3 is 10.5 Å². The van der Waals surface area contributed by atoms with Gasteiger partial charge in [0, 0.05) is 29.4 Å². The molecule has 2 aromatic rings. The zero-order chi connectivity index (χ0) is 23.8. The van der Waals surface area contributed by atoms with E-state index in [4.69, 9.17) is 10.5 Å². The van der Waals surface area contributed by atoms with Gasteiger partial charge in [0.2, 0.25) is 15.3 Å². The Morgan fingerprint density at radius 3 is 1.81 bits per heavy atom. The molecule has 0 bridgehead atoms. The number of benzene rings is 2. The Balaban J connectivity index is 2.53. The van der Waals surface area contributed by atoms with E-state index in [-0.39, 0.29) is 12.1 Å². The van der Waals surface area contributed by atoms with Gasteiger partial charge in [0.05, 0.1) is 11.3 Å². The second kappa shape index (κ2) is 11.0. The maximum Gasteiger partial charge on any atom is 0.337 e. The van der Waals surface area contributed by atoms with Gasteiger partial charge in [-0.25, -0.2) is 21.6 Å². The second-order valence-electron chi connectivity index (χ2n) is 6.70. The summed E-state index contributed by atoms with van der Waals surface area (Å²) in [5.41, 5.74) is 6.08. The number of ether oxygens (including phenoxy) is 1. The average molecular weight is 476 g/mol. The van der Waals surface area contributed by atoms with Gasteiger partial charge in [0.25, 0.3) is 0 Å². The summed E-state index contributed by atoms with van der Waals surface area (Å²) in [7, 11) is -7.83. The first kappa shape index (κ1) is 25.3. The van der Waals surface area contributed by atoms with Crippen molar-refractivity contribution in [3.05, 3.63) is 101 Å². The number of nitrogens with two attached hydrogens (primary N) is 1. The van der Waals surface area contributed by atoms with Crippen molar-refractivity contribution in [2.24, 2.45) is 5.73 Å². The number of sulfone groups is 2. The summed E-state index contributed by atoms with van der Waals surface area (Å²) in [4.78, 5) is 13.1. The monoisotopic (exact) mass is 475 g/mol. The summed E-state index contributed by atoms with van der Waals surface area (Å²) < 4.78 is 53.6. The number of hydrogen-bond donors (Lipinski definition) is 1. The van der Waals surface area contributed by atoms with Crippen LogP contribution in [0, 0.1) is 0 Å². The third kappa shape index (κ3) is 6.49. The molecule has 0 saturated carbocycles. The molecule has 7 nitrogen and oxygen atoms in total. The molecule has 0 saturated heterocycles. The molecule has 0 spiro atoms. The van der Waals surface area contributed by atoms with Crippen molar-refractivity contribution in [3.63, 3.8) is 0 Å². The van der Waals surface area contributed by atoms with Crippen molar-refractivity contribution in [1.29, 1.82) is 0 Å². The number of rotatable bonds is 11. The van der Waals surface area contributed by atoms with E-state index in [1.165, 1.54) is 0 Å². The first-order valence-electron chi connectivity index (χ1n) is 9.61. The lowest BCUT2D eigenvalue weighted by Crippen LogP contribution is -2.30. The number of carbonyl (C=O) groups is 1. The molecule has 2 rings (SSSR count). The summed E-state index contributed by atoms with van der Waals surface area (Å²) >= 11 is 0. The molecule has 0 aliphatic heterocycles. The van der Waals surface area contributed by atoms with Crippen molar-refractivity contribution >= 4 is 31.2 Å². The molecule has 9 heteroatoms. The molecular weight excluding hydrogens is 450 g/mol. The first-order chi connectivity index (χ1) is 15.1. The normalized spacial score (nSPS) is 12.4. The quantitative estimate of drug-likeness (QED) is 0.392. The number of carbonyl (C=O) groups excluding carboxylic acids is 1. The van der Waals surface area contributed by atoms with Gasteiger partial charge in [-0.1, -0.05) is 73.8 Å². The summed E-state index contributed by atoms with van der Waals surface area (Å²) in [6.45, 7) is 6.20. The molecule has 1 unspecified atom stereocenters. The zero-order valence-corrected chi connectivity index (χ0v) is 19.0. The van der Waals surface area contributed by atoms with Crippen LogP contribution >= 0.6 is 0 Å². The number of esters is 1. The fourth-order valence-electron chi connectivity index (χ4n) is 2.94. The summed E-state index contributed by atoms with van der Waals surface area (Å²) in [5.74, 6) is -1.52. The van der Waals surface area contributed by atoms with E-state index >= 15 is 0 Å². The molecule has 0 aromatic heterocycles. The van der Waals surface area contributed by atoms with Crippen molar-refractivity contribution in [2.75, 3.05) is 12.3 Å². The lowest BCUT2D eigenvalue weighted by atomic mass is 9.93. The van der Waals surface area contributed by atoms with Gasteiger partial charge >= 0.3 is 5.97 Å². The minimum absolute atomic E-state index is 0.0539. The van der Waals surface area contributed by atoms with Crippen molar-refractivity contribution < 1.29 is 26.4 Å². The van der Waals surface area contributed by atoms with Gasteiger partial charge in [-0.3, -0.25) is 0 Å². The highest BCUT2D eigenvalue weighted by Gasteiger charge is 2.30. The Bertz CT molecular complexity index is 1160. The molecule has 1 atom stereocenters. The lowest BCUT2D eigenvalue weighted by molar-refractivity contribution is -0.140. The van der Waals surface area contributed by atoms with E-state index in [1.807, 2.05) is 12.1 Å². The zero-order valence-electron chi connectivity index (χ0n) is 17.4. The van der Waals surface area contributed by atoms with Crippen molar-refractivity contribution in [3.8, 4) is 0 Å². The van der Waals surface area contributed by atoms with Gasteiger partial charge in [0.15, 0.2) is 9.84 Å². The highest BCUT2D eigenvalue weighted by molar-refractivity contribution is 7.95. The van der Waals surface area contributed by atoms with E-state index in [1.54, 1.807) is 48.5 Å². The third-order valence-corrected chi connectivity index (χ3v) is 7.45. The minimum Gasteiger partial charge on any atom is -0.442 e. The van der Waals surface area contributed by atoms with E-state index in [2.05, 4.69) is 13.2 Å². The SMILES string of the molecule is C=CS(=O)(=O)CCC(OC(=O)C(CN)=C(c1ccccc1)c1ccccc1)S(=O)(=O)C=C. The fourth-order valence-corrected chi connectivity index (χ4v) is 4.69. The molecular formula is C23H25NO6S2. The van der Waals surface area contributed by atoms with Crippen LogP contribution in [-0.2, 0) is 29.2 Å². The maximum atomic E-state index is 13.1. The molecule has 2 aromatic carbocycles. The molecule has 0 aliphatic rings. The molecule has 0 fully saturated rings. The van der Waals surface area contributed by atoms with E-state index < -0.39 is 43.3 Å². The summed E-state index contributed by atoms with van der Waals surface area (Å²) in [6, 6.07) is 18.0. The van der Waals surface area contributed by atoms with Gasteiger partial charge in [-0.15, -0.1) is 0 Å². The predicted molar refractivity (Wildman–Crippen MR) is 126 cm³/mol. The van der Waals surface area contributed by atoms with Crippen LogP contribution in [0.4, 0.5) is 0 Å². The van der Waals surface area contributed by atoms with E-state index in [0.29, 0.717) is 22.1 Å². The maximum absolute atomic E-state index is 13.1. The van der Waals surface area contributed by atoms with Crippen LogP contribution in [-0.4, -0.2) is 40.5 Å². The van der Waals surface area contributed by atoms with Gasteiger partial charge in [-0.2, -0.15) is 0 Å². The van der Waals surface area contributed by atoms with Crippen LogP contribution in [0.2, 0.25) is 0 Å². The van der Waals surface area contributed by atoms with Crippen LogP contribution in [0.3, 0.4) is 0 Å². The standard InChI is InChI=1S/C23H25NO6S2/c1-3-31(26,27)16-15-21(32(28,29)4-2)30-23(25)20(17-24)22(18-11-7-5-8-12-18)19-13-9-6-10-14-19/h3-14,21H,1-2,15-17,24H2. The highest BCUT2D eigenvalue weighted by atomic mass is 32.2. The van der Waals surface area contributed by atoms with Crippen LogP contribution in [0.5, 0.6) is 0 Å². The van der Waals surface area contributed by atoms with Gasteiger partial charge in [-0.05, 0) is 11.1 Å². The molecule has 170 valence electrons. The number of hydrogen-bond acceptors (Lipinski definition) is 7. The van der Waals surface area contributed by atoms with Crippen molar-refractivity contribution in [1.82, 2.24) is 0 Å². The highest BCUT2D eigenvalue weighted by Crippen LogP contribution is 2.28. The summed E-state index contributed by atoms with van der Waals surface area (Å²) in [5, 5.41) is 1.35. The van der Waals surface area contributed by atoms with Crippen LogP contribution < -0.4 is 5.73 Å². The smallest absolute Gasteiger partial charge is 0.337 e. The summed E-state index contributed by atoms with van der Waals surface area (Å²) in [6.07, 6.45) is -0.474. The topological polar surface area (TPSA) is 121 Å². The average Bonchev–Trinajstić information content (AvgIpc) is 2.80. The predicted octanol–water partition coefficient (Wildman–Crippen LogP) is 2.82. The first-order valence-corrected chi connectivity index (χ1v) is 12.9. The Kier molecular flexibility index (Phi) is 8.71. The largest absolute Gasteiger partial charge is 0.442 e. The van der Waals surface area contributed by atoms with Crippen molar-refractivity contribution in [2.45, 2.75) is 11.9 Å². The molecule has 0 amide bonds. The Morgan fingerprint density at radius 1 is 0.906 bits per heavy atom. The Hall–Kier alpha value is -3.01. The Morgan fingerprint density at radius 2 is 1.41 bits per heavy atom. The molecule has 2 N–H and O–H groups in total. The van der Waals surface area contributed by atoms with Crippen LogP contribution in [0.1, 0.15) is 17.5 Å². The van der Waals surface area contributed by atoms with E-state index in [9.17, 15) is 21.6 Å². The molecule has 0 aliphatic carbocycles. The second-order valence-corrected chi connectivity index (χ2v) is 10.8. The fraction of sp³-hybridized carbons (Fsp3) is 0.174. The lowest BCUT2D eigenvalue weighted by Gasteiger charge is -2.19. The van der Waals surface area contributed by atoms with Crippen LogP contribution in [0.15, 0.2) is 90.2 Å². The molecule has 32 heavy (non-hydrogen) atoms. The third-order valence-electron chi connectivity index (χ3n) is 4.61. The minimum atomic E-state index is -4.12. The Labute approximate surface area is 188 Å². The van der Waals surface area contributed by atoms with Gasteiger partial charge in [0.1, 0.15) is 0 Å². The van der Waals surface area contributed by atoms with E-state index in [0.717, 1.165) is 5.41 Å². The molecule has 0 heterocycles. The molecule has 0 radical (unpaired) electrons. The van der Waals surface area contributed by atoms with Crippen LogP contribution in [0.25, 0.3) is 5.57 Å².